The monoisotopic (exact) mass is 458 g/mol. The van der Waals surface area contributed by atoms with Crippen LogP contribution in [0.1, 0.15) is 39.5 Å². The third-order valence-corrected chi connectivity index (χ3v) is 7.37. The van der Waals surface area contributed by atoms with Crippen molar-refractivity contribution in [3.05, 3.63) is 69.2 Å². The fraction of sp³-hybridized carbons (Fsp3) is 0.357. The fourth-order valence-corrected chi connectivity index (χ4v) is 5.62. The van der Waals surface area contributed by atoms with Crippen molar-refractivity contribution < 1.29 is 0 Å². The van der Waals surface area contributed by atoms with E-state index in [-0.39, 0.29) is 11.1 Å². The van der Waals surface area contributed by atoms with Gasteiger partial charge in [-0.05, 0) is 42.0 Å². The van der Waals surface area contributed by atoms with Crippen LogP contribution < -0.4 is 11.1 Å². The third-order valence-electron chi connectivity index (χ3n) is 7.17. The molecule has 0 aliphatic heterocycles. The van der Waals surface area contributed by atoms with E-state index in [0.29, 0.717) is 29.0 Å². The molecule has 5 rings (SSSR count). The van der Waals surface area contributed by atoms with Gasteiger partial charge in [-0.3, -0.25) is 14.2 Å². The lowest BCUT2D eigenvalue weighted by molar-refractivity contribution is 0.382. The van der Waals surface area contributed by atoms with Crippen LogP contribution in [0.2, 0.25) is 0 Å². The van der Waals surface area contributed by atoms with E-state index in [1.54, 1.807) is 0 Å². The summed E-state index contributed by atoms with van der Waals surface area (Å²) >= 11 is 4.49. The van der Waals surface area contributed by atoms with Crippen LogP contribution in [0, 0.1) is 5.92 Å². The van der Waals surface area contributed by atoms with Gasteiger partial charge in [0.1, 0.15) is 0 Å². The summed E-state index contributed by atoms with van der Waals surface area (Å²) in [4.78, 5) is 27.2. The minimum absolute atomic E-state index is 0.161. The summed E-state index contributed by atoms with van der Waals surface area (Å²) < 4.78 is 3.75. The first-order chi connectivity index (χ1) is 16.1. The first-order valence-corrected chi connectivity index (χ1v) is 12.7. The van der Waals surface area contributed by atoms with Gasteiger partial charge in [-0.1, -0.05) is 57.4 Å². The van der Waals surface area contributed by atoms with E-state index in [9.17, 15) is 9.59 Å². The Hall–Kier alpha value is -2.79. The molecule has 0 saturated heterocycles. The van der Waals surface area contributed by atoms with E-state index in [0.717, 1.165) is 64.8 Å². The highest BCUT2D eigenvalue weighted by molar-refractivity contribution is 7.80. The minimum atomic E-state index is -0.161. The number of aromatic nitrogens is 2. The number of hydrogen-bond donors (Lipinski definition) is 1. The maximum atomic E-state index is 13.6. The van der Waals surface area contributed by atoms with Gasteiger partial charge in [0, 0.05) is 56.8 Å². The zero-order valence-electron chi connectivity index (χ0n) is 19.3. The van der Waals surface area contributed by atoms with Crippen LogP contribution in [-0.4, -0.2) is 14.9 Å². The number of hydrogen-bond acceptors (Lipinski definition) is 3. The molecule has 1 unspecified atom stereocenters. The van der Waals surface area contributed by atoms with Crippen molar-refractivity contribution in [3.8, 4) is 0 Å². The summed E-state index contributed by atoms with van der Waals surface area (Å²) in [7, 11) is 0. The quantitative estimate of drug-likeness (QED) is 0.171. The van der Waals surface area contributed by atoms with Gasteiger partial charge >= 0.3 is 0 Å². The summed E-state index contributed by atoms with van der Waals surface area (Å²) in [6.45, 7) is 5.57. The molecular weight excluding hydrogens is 428 g/mol. The summed E-state index contributed by atoms with van der Waals surface area (Å²) in [5.41, 5.74) is 1.86. The van der Waals surface area contributed by atoms with E-state index in [1.807, 2.05) is 30.3 Å². The Morgan fingerprint density at radius 1 is 0.788 bits per heavy atom. The number of fused-ring (bicyclic) bond motifs is 2. The van der Waals surface area contributed by atoms with Crippen LogP contribution in [0.15, 0.2) is 58.1 Å². The highest BCUT2D eigenvalue weighted by Crippen LogP contribution is 2.37. The zero-order chi connectivity index (χ0) is 23.1. The van der Waals surface area contributed by atoms with Gasteiger partial charge in [-0.2, -0.15) is 12.6 Å². The van der Waals surface area contributed by atoms with Crippen molar-refractivity contribution in [1.82, 2.24) is 9.13 Å². The van der Waals surface area contributed by atoms with E-state index in [4.69, 9.17) is 0 Å². The summed E-state index contributed by atoms with van der Waals surface area (Å²) in [6, 6.07) is 16.3. The summed E-state index contributed by atoms with van der Waals surface area (Å²) in [5, 5.41) is 5.30. The van der Waals surface area contributed by atoms with Gasteiger partial charge in [0.25, 0.3) is 11.1 Å². The van der Waals surface area contributed by atoms with Crippen molar-refractivity contribution in [2.24, 2.45) is 5.92 Å². The lowest BCUT2D eigenvalue weighted by Crippen LogP contribution is -2.35. The van der Waals surface area contributed by atoms with Crippen molar-refractivity contribution in [3.63, 3.8) is 0 Å². The Labute approximate surface area is 198 Å². The minimum Gasteiger partial charge on any atom is -0.340 e. The third kappa shape index (κ3) is 3.45. The van der Waals surface area contributed by atoms with Gasteiger partial charge in [0.15, 0.2) is 0 Å². The molecule has 0 N–H and O–H groups in total. The standard InChI is InChI=1S/C28H30N2O2S/c1-3-5-8-18(4-2)17-30-27(31)21-12-11-20-19-9-6-7-10-23(19)29(15-16-33)24-14-13-22(28(30)32)25(21)26(20)24/h6-7,9-14,18,33H,3-5,8,15-17H2,1-2H3. The Morgan fingerprint density at radius 3 is 2.18 bits per heavy atom. The van der Waals surface area contributed by atoms with Gasteiger partial charge in [0.2, 0.25) is 0 Å². The van der Waals surface area contributed by atoms with Crippen molar-refractivity contribution >= 4 is 56.0 Å². The Morgan fingerprint density at radius 2 is 1.48 bits per heavy atom. The number of unbranched alkanes of at least 4 members (excludes halogenated alkanes) is 1. The Bertz CT molecular complexity index is 1550. The largest absolute Gasteiger partial charge is 0.340 e. The molecule has 0 radical (unpaired) electrons. The molecule has 33 heavy (non-hydrogen) atoms. The van der Waals surface area contributed by atoms with E-state index in [2.05, 4.69) is 49.2 Å². The molecule has 0 saturated carbocycles. The normalized spacial score (nSPS) is 13.1. The molecule has 5 aromatic rings. The molecule has 0 aliphatic carbocycles. The van der Waals surface area contributed by atoms with Crippen molar-refractivity contribution in [2.75, 3.05) is 5.75 Å². The Balaban J connectivity index is 1.86. The predicted molar refractivity (Wildman–Crippen MR) is 143 cm³/mol. The molecule has 0 bridgehead atoms. The van der Waals surface area contributed by atoms with Crippen LogP contribution in [0.3, 0.4) is 0 Å². The van der Waals surface area contributed by atoms with E-state index >= 15 is 0 Å². The zero-order valence-corrected chi connectivity index (χ0v) is 20.2. The molecule has 0 fully saturated rings. The van der Waals surface area contributed by atoms with E-state index < -0.39 is 0 Å². The number of thiol groups is 1. The number of para-hydroxylation sites is 1. The van der Waals surface area contributed by atoms with Gasteiger partial charge in [0.05, 0.1) is 0 Å². The number of aryl methyl sites for hydroxylation is 1. The van der Waals surface area contributed by atoms with Crippen LogP contribution in [-0.2, 0) is 13.1 Å². The van der Waals surface area contributed by atoms with Gasteiger partial charge in [-0.25, -0.2) is 0 Å². The Kier molecular flexibility index (Phi) is 5.92. The highest BCUT2D eigenvalue weighted by atomic mass is 32.1. The van der Waals surface area contributed by atoms with E-state index in [1.165, 1.54) is 4.57 Å². The lowest BCUT2D eigenvalue weighted by Gasteiger charge is -2.21. The summed E-state index contributed by atoms with van der Waals surface area (Å²) in [6.07, 6.45) is 4.25. The number of rotatable bonds is 8. The van der Waals surface area contributed by atoms with Crippen LogP contribution in [0.25, 0.3) is 43.4 Å². The van der Waals surface area contributed by atoms with Crippen LogP contribution in [0.4, 0.5) is 0 Å². The number of pyridine rings is 2. The SMILES string of the molecule is CCCCC(CC)Cn1c(=O)c2ccc3c4ccccc4n(CCS)c4ccc(c1=O)c2c34. The first-order valence-electron chi connectivity index (χ1n) is 12.0. The predicted octanol–water partition coefficient (Wildman–Crippen LogP) is 6.21. The number of benzene rings is 3. The molecule has 170 valence electrons. The van der Waals surface area contributed by atoms with Crippen LogP contribution >= 0.6 is 12.6 Å². The molecule has 4 nitrogen and oxygen atoms in total. The molecule has 0 spiro atoms. The molecular formula is C28H30N2O2S. The highest BCUT2D eigenvalue weighted by Gasteiger charge is 2.20. The van der Waals surface area contributed by atoms with Crippen LogP contribution in [0.5, 0.6) is 0 Å². The second-order valence-electron chi connectivity index (χ2n) is 9.07. The molecule has 0 aliphatic rings. The maximum Gasteiger partial charge on any atom is 0.261 e. The smallest absolute Gasteiger partial charge is 0.261 e. The topological polar surface area (TPSA) is 44.0 Å². The molecule has 2 aromatic heterocycles. The molecule has 5 heteroatoms. The van der Waals surface area contributed by atoms with Gasteiger partial charge < -0.3 is 4.57 Å². The molecule has 0 amide bonds. The second kappa shape index (κ2) is 8.86. The average Bonchev–Trinajstić information content (AvgIpc) is 2.85. The molecule has 3 aromatic carbocycles. The number of nitrogens with zero attached hydrogens (tertiary/aromatic N) is 2. The first kappa shape index (κ1) is 22.0. The maximum absolute atomic E-state index is 13.6. The van der Waals surface area contributed by atoms with Crippen molar-refractivity contribution in [1.29, 1.82) is 0 Å². The lowest BCUT2D eigenvalue weighted by atomic mass is 9.94. The average molecular weight is 459 g/mol. The molecule has 2 heterocycles. The molecule has 1 atom stereocenters. The summed E-state index contributed by atoms with van der Waals surface area (Å²) in [5.74, 6) is 1.04. The van der Waals surface area contributed by atoms with Crippen molar-refractivity contribution in [2.45, 2.75) is 52.6 Å². The second-order valence-corrected chi connectivity index (χ2v) is 9.52. The van der Waals surface area contributed by atoms with Gasteiger partial charge in [-0.15, -0.1) is 0 Å². The fourth-order valence-electron chi connectivity index (χ4n) is 5.42.